The largest absolute Gasteiger partial charge is 0.482 e. The predicted molar refractivity (Wildman–Crippen MR) is 115 cm³/mol. The Morgan fingerprint density at radius 1 is 1.13 bits per heavy atom. The SMILES string of the molecule is CC(C)c1ccc(-c2cc(C(C(=O)O)C3CCCC3)cc(Cl)c2OCC(F)(F)F)cc1. The number of halogens is 4. The average Bonchev–Trinajstić information content (AvgIpc) is 3.20. The predicted octanol–water partition coefficient (Wildman–Crippen LogP) is 7.43. The molecule has 1 unspecified atom stereocenters. The third-order valence-electron chi connectivity index (χ3n) is 5.83. The van der Waals surface area contributed by atoms with Gasteiger partial charge in [-0.2, -0.15) is 13.2 Å². The highest BCUT2D eigenvalue weighted by atomic mass is 35.5. The molecular weight excluding hydrogens is 429 g/mol. The Bertz CT molecular complexity index is 917. The monoisotopic (exact) mass is 454 g/mol. The van der Waals surface area contributed by atoms with Crippen molar-refractivity contribution in [1.82, 2.24) is 0 Å². The summed E-state index contributed by atoms with van der Waals surface area (Å²) < 4.78 is 43.5. The summed E-state index contributed by atoms with van der Waals surface area (Å²) in [4.78, 5) is 12.1. The molecule has 31 heavy (non-hydrogen) atoms. The van der Waals surface area contributed by atoms with Crippen LogP contribution in [0.5, 0.6) is 5.75 Å². The van der Waals surface area contributed by atoms with Gasteiger partial charge in [-0.3, -0.25) is 4.79 Å². The highest BCUT2D eigenvalue weighted by molar-refractivity contribution is 6.32. The molecule has 1 N–H and O–H groups in total. The van der Waals surface area contributed by atoms with Crippen molar-refractivity contribution in [1.29, 1.82) is 0 Å². The first kappa shape index (κ1) is 23.5. The number of carboxylic acids is 1. The van der Waals surface area contributed by atoms with Gasteiger partial charge in [0.25, 0.3) is 0 Å². The zero-order valence-corrected chi connectivity index (χ0v) is 18.3. The molecule has 1 aliphatic rings. The number of carboxylic acid groups (broad SMARTS) is 1. The third-order valence-corrected chi connectivity index (χ3v) is 6.11. The van der Waals surface area contributed by atoms with E-state index < -0.39 is 24.7 Å². The van der Waals surface area contributed by atoms with Gasteiger partial charge in [0, 0.05) is 5.56 Å². The van der Waals surface area contributed by atoms with Gasteiger partial charge in [-0.05, 0) is 53.5 Å². The third kappa shape index (κ3) is 5.73. The Morgan fingerprint density at radius 2 is 1.74 bits per heavy atom. The standard InChI is InChI=1S/C24H26ClF3O3/c1-14(2)15-7-9-16(10-8-15)19-11-18(21(23(29)30)17-5-3-4-6-17)12-20(25)22(19)31-13-24(26,27)28/h7-12,14,17,21H,3-6,13H2,1-2H3,(H,29,30). The molecule has 1 atom stereocenters. The Labute approximate surface area is 185 Å². The molecular formula is C24H26ClF3O3. The van der Waals surface area contributed by atoms with Crippen LogP contribution in [0.3, 0.4) is 0 Å². The van der Waals surface area contributed by atoms with Gasteiger partial charge >= 0.3 is 12.1 Å². The molecule has 3 rings (SSSR count). The molecule has 0 aromatic heterocycles. The number of alkyl halides is 3. The smallest absolute Gasteiger partial charge is 0.422 e. The van der Waals surface area contributed by atoms with Gasteiger partial charge in [0.05, 0.1) is 10.9 Å². The molecule has 7 heteroatoms. The molecule has 0 amide bonds. The number of ether oxygens (including phenoxy) is 1. The Hall–Kier alpha value is -2.21. The zero-order chi connectivity index (χ0) is 22.8. The van der Waals surface area contributed by atoms with E-state index in [2.05, 4.69) is 0 Å². The van der Waals surface area contributed by atoms with Crippen molar-refractivity contribution in [3.63, 3.8) is 0 Å². The van der Waals surface area contributed by atoms with Gasteiger partial charge in [-0.25, -0.2) is 0 Å². The van der Waals surface area contributed by atoms with E-state index >= 15 is 0 Å². The molecule has 0 saturated heterocycles. The van der Waals surface area contributed by atoms with Crippen LogP contribution in [-0.2, 0) is 4.79 Å². The number of hydrogen-bond acceptors (Lipinski definition) is 2. The van der Waals surface area contributed by atoms with E-state index in [1.807, 2.05) is 26.0 Å². The van der Waals surface area contributed by atoms with Crippen molar-refractivity contribution in [2.24, 2.45) is 5.92 Å². The summed E-state index contributed by atoms with van der Waals surface area (Å²) >= 11 is 6.37. The molecule has 3 nitrogen and oxygen atoms in total. The van der Waals surface area contributed by atoms with Gasteiger partial charge in [-0.15, -0.1) is 0 Å². The molecule has 0 radical (unpaired) electrons. The van der Waals surface area contributed by atoms with Crippen LogP contribution < -0.4 is 4.74 Å². The second-order valence-corrected chi connectivity index (χ2v) is 8.83. The summed E-state index contributed by atoms with van der Waals surface area (Å²) in [6.45, 7) is 2.61. The number of benzene rings is 2. The maximum Gasteiger partial charge on any atom is 0.422 e. The Balaban J connectivity index is 2.10. The first-order valence-electron chi connectivity index (χ1n) is 10.4. The second-order valence-electron chi connectivity index (χ2n) is 8.42. The normalized spacial score (nSPS) is 16.0. The molecule has 1 aliphatic carbocycles. The minimum atomic E-state index is -4.52. The highest BCUT2D eigenvalue weighted by Gasteiger charge is 2.34. The van der Waals surface area contributed by atoms with Gasteiger partial charge in [0.15, 0.2) is 6.61 Å². The fraction of sp³-hybridized carbons (Fsp3) is 0.458. The lowest BCUT2D eigenvalue weighted by Gasteiger charge is -2.23. The van der Waals surface area contributed by atoms with Gasteiger partial charge < -0.3 is 9.84 Å². The van der Waals surface area contributed by atoms with Crippen molar-refractivity contribution < 1.29 is 27.8 Å². The van der Waals surface area contributed by atoms with Crippen molar-refractivity contribution >= 4 is 17.6 Å². The van der Waals surface area contributed by atoms with Crippen LogP contribution in [0, 0.1) is 5.92 Å². The molecule has 1 saturated carbocycles. The molecule has 1 fully saturated rings. The highest BCUT2D eigenvalue weighted by Crippen LogP contribution is 2.44. The minimum Gasteiger partial charge on any atom is -0.482 e. The van der Waals surface area contributed by atoms with E-state index in [4.69, 9.17) is 16.3 Å². The van der Waals surface area contributed by atoms with Crippen LogP contribution in [0.1, 0.15) is 62.5 Å². The molecule has 0 spiro atoms. The maximum absolute atomic E-state index is 12.8. The lowest BCUT2D eigenvalue weighted by molar-refractivity contribution is -0.153. The quantitative estimate of drug-likeness (QED) is 0.473. The summed E-state index contributed by atoms with van der Waals surface area (Å²) in [5, 5.41) is 9.87. The van der Waals surface area contributed by atoms with Crippen LogP contribution in [0.4, 0.5) is 13.2 Å². The Morgan fingerprint density at radius 3 is 2.26 bits per heavy atom. The second kappa shape index (κ2) is 9.51. The van der Waals surface area contributed by atoms with Crippen LogP contribution in [0.25, 0.3) is 11.1 Å². The van der Waals surface area contributed by atoms with Crippen LogP contribution in [0.15, 0.2) is 36.4 Å². The summed E-state index contributed by atoms with van der Waals surface area (Å²) in [6, 6.07) is 10.5. The van der Waals surface area contributed by atoms with E-state index in [-0.39, 0.29) is 16.7 Å². The van der Waals surface area contributed by atoms with Crippen molar-refractivity contribution in [3.05, 3.63) is 52.5 Å². The molecule has 168 valence electrons. The number of rotatable bonds is 7. The molecule has 0 bridgehead atoms. The number of carbonyl (C=O) groups is 1. The van der Waals surface area contributed by atoms with Crippen molar-refractivity contribution in [2.75, 3.05) is 6.61 Å². The maximum atomic E-state index is 12.8. The summed E-state index contributed by atoms with van der Waals surface area (Å²) in [5.41, 5.74) is 2.57. The van der Waals surface area contributed by atoms with Gasteiger partial charge in [0.1, 0.15) is 5.75 Å². The molecule has 0 aliphatic heterocycles. The summed E-state index contributed by atoms with van der Waals surface area (Å²) in [5.74, 6) is -1.52. The van der Waals surface area contributed by atoms with Gasteiger partial charge in [0.2, 0.25) is 0 Å². The van der Waals surface area contributed by atoms with E-state index in [0.717, 1.165) is 31.2 Å². The summed E-state index contributed by atoms with van der Waals surface area (Å²) in [7, 11) is 0. The topological polar surface area (TPSA) is 46.5 Å². The average molecular weight is 455 g/mol. The lowest BCUT2D eigenvalue weighted by Crippen LogP contribution is -2.21. The number of hydrogen-bond donors (Lipinski definition) is 1. The van der Waals surface area contributed by atoms with Crippen LogP contribution >= 0.6 is 11.6 Å². The lowest BCUT2D eigenvalue weighted by atomic mass is 9.83. The first-order valence-corrected chi connectivity index (χ1v) is 10.8. The van der Waals surface area contributed by atoms with E-state index in [1.54, 1.807) is 18.2 Å². The molecule has 2 aromatic rings. The van der Waals surface area contributed by atoms with Crippen molar-refractivity contribution in [3.8, 4) is 16.9 Å². The van der Waals surface area contributed by atoms with E-state index in [9.17, 15) is 23.1 Å². The molecule has 0 heterocycles. The first-order chi connectivity index (χ1) is 14.6. The zero-order valence-electron chi connectivity index (χ0n) is 17.5. The number of aliphatic carboxylic acids is 1. The van der Waals surface area contributed by atoms with E-state index in [1.165, 1.54) is 6.07 Å². The van der Waals surface area contributed by atoms with Crippen molar-refractivity contribution in [2.45, 2.75) is 57.5 Å². The van der Waals surface area contributed by atoms with Crippen LogP contribution in [0.2, 0.25) is 5.02 Å². The fourth-order valence-electron chi connectivity index (χ4n) is 4.26. The van der Waals surface area contributed by atoms with Crippen LogP contribution in [-0.4, -0.2) is 23.9 Å². The van der Waals surface area contributed by atoms with Gasteiger partial charge in [-0.1, -0.05) is 62.6 Å². The minimum absolute atomic E-state index is 0.0195. The fourth-order valence-corrected chi connectivity index (χ4v) is 4.55. The summed E-state index contributed by atoms with van der Waals surface area (Å²) in [6.07, 6.45) is -0.968. The molecule has 2 aromatic carbocycles. The van der Waals surface area contributed by atoms with E-state index in [0.29, 0.717) is 22.6 Å². The Kier molecular flexibility index (Phi) is 7.20.